The Morgan fingerprint density at radius 2 is 2.31 bits per heavy atom. The number of carbonyl (C=O) groups is 1. The van der Waals surface area contributed by atoms with Crippen LogP contribution >= 0.6 is 0 Å². The average Bonchev–Trinajstić information content (AvgIpc) is 2.17. The number of hydrogen-bond acceptors (Lipinski definition) is 2. The third-order valence-corrected chi connectivity index (χ3v) is 2.12. The lowest BCUT2D eigenvalue weighted by molar-refractivity contribution is -0.120. The fraction of sp³-hybridized carbons (Fsp3) is 0.200. The maximum Gasteiger partial charge on any atom is 0.260 e. The van der Waals surface area contributed by atoms with Gasteiger partial charge in [-0.2, -0.15) is 0 Å². The van der Waals surface area contributed by atoms with Gasteiger partial charge in [-0.15, -0.1) is 0 Å². The first kappa shape index (κ1) is 7.98. The molecule has 2 rings (SSSR count). The molecule has 3 nitrogen and oxygen atoms in total. The molecule has 2 aliphatic rings. The molecule has 0 saturated heterocycles. The topological polar surface area (TPSA) is 38.7 Å². The maximum atomic E-state index is 11.4. The number of nitrogens with zero attached hydrogens (tertiary/aromatic N) is 1. The summed E-state index contributed by atoms with van der Waals surface area (Å²) in [6.07, 6.45) is 8.91. The van der Waals surface area contributed by atoms with Gasteiger partial charge in [0.05, 0.1) is 7.11 Å². The van der Waals surface area contributed by atoms with E-state index in [9.17, 15) is 4.79 Å². The highest BCUT2D eigenvalue weighted by Gasteiger charge is 2.29. The maximum absolute atomic E-state index is 11.4. The molecule has 66 valence electrons. The highest BCUT2D eigenvalue weighted by molar-refractivity contribution is 5.98. The van der Waals surface area contributed by atoms with E-state index in [1.807, 2.05) is 18.2 Å². The van der Waals surface area contributed by atoms with Gasteiger partial charge in [0.15, 0.2) is 0 Å². The van der Waals surface area contributed by atoms with Gasteiger partial charge >= 0.3 is 0 Å². The van der Waals surface area contributed by atoms with Crippen molar-refractivity contribution >= 4 is 12.1 Å². The molecule has 0 aromatic rings. The fourth-order valence-electron chi connectivity index (χ4n) is 1.48. The Balaban J connectivity index is 2.42. The number of dihydropyridines is 1. The lowest BCUT2D eigenvalue weighted by Crippen LogP contribution is -2.22. The molecule has 1 aliphatic carbocycles. The first-order chi connectivity index (χ1) is 6.33. The van der Waals surface area contributed by atoms with E-state index in [1.54, 1.807) is 13.2 Å². The van der Waals surface area contributed by atoms with Gasteiger partial charge in [0.2, 0.25) is 0 Å². The number of aliphatic imine (C=N–C) groups is 1. The third kappa shape index (κ3) is 1.22. The van der Waals surface area contributed by atoms with Crippen LogP contribution in [-0.2, 0) is 9.53 Å². The SMILES string of the molecule is COC1=CC=CC2=CC=NC(=O)C21. The zero-order valence-corrected chi connectivity index (χ0v) is 7.23. The van der Waals surface area contributed by atoms with E-state index in [0.717, 1.165) is 5.57 Å². The van der Waals surface area contributed by atoms with Crippen LogP contribution in [0.2, 0.25) is 0 Å². The summed E-state index contributed by atoms with van der Waals surface area (Å²) < 4.78 is 5.11. The van der Waals surface area contributed by atoms with Crippen LogP contribution in [0.1, 0.15) is 0 Å². The zero-order valence-electron chi connectivity index (χ0n) is 7.23. The van der Waals surface area contributed by atoms with Gasteiger partial charge in [-0.3, -0.25) is 4.79 Å². The van der Waals surface area contributed by atoms with Crippen molar-refractivity contribution in [3.8, 4) is 0 Å². The van der Waals surface area contributed by atoms with Crippen LogP contribution in [-0.4, -0.2) is 19.2 Å². The van der Waals surface area contributed by atoms with E-state index in [1.165, 1.54) is 6.21 Å². The number of hydrogen-bond donors (Lipinski definition) is 0. The van der Waals surface area contributed by atoms with Crippen LogP contribution in [0, 0.1) is 5.92 Å². The first-order valence-electron chi connectivity index (χ1n) is 4.03. The summed E-state index contributed by atoms with van der Waals surface area (Å²) in [6.45, 7) is 0. The second-order valence-corrected chi connectivity index (χ2v) is 2.85. The van der Waals surface area contributed by atoms with Crippen molar-refractivity contribution in [3.63, 3.8) is 0 Å². The minimum atomic E-state index is -0.319. The van der Waals surface area contributed by atoms with E-state index < -0.39 is 0 Å². The second-order valence-electron chi connectivity index (χ2n) is 2.85. The minimum absolute atomic E-state index is 0.157. The average molecular weight is 175 g/mol. The van der Waals surface area contributed by atoms with E-state index >= 15 is 0 Å². The van der Waals surface area contributed by atoms with E-state index in [0.29, 0.717) is 5.76 Å². The standard InChI is InChI=1S/C10H9NO2/c1-13-8-4-2-3-7-5-6-11-10(12)9(7)8/h2-6,9H,1H3. The summed E-state index contributed by atoms with van der Waals surface area (Å²) >= 11 is 0. The van der Waals surface area contributed by atoms with Gasteiger partial charge in [-0.05, 0) is 17.7 Å². The number of methoxy groups -OCH3 is 1. The minimum Gasteiger partial charge on any atom is -0.500 e. The Bertz CT molecular complexity index is 361. The highest BCUT2D eigenvalue weighted by Crippen LogP contribution is 2.28. The van der Waals surface area contributed by atoms with E-state index in [2.05, 4.69) is 4.99 Å². The van der Waals surface area contributed by atoms with Gasteiger partial charge < -0.3 is 4.74 Å². The molecular formula is C10H9NO2. The van der Waals surface area contributed by atoms with Crippen LogP contribution in [0.25, 0.3) is 0 Å². The molecule has 1 unspecified atom stereocenters. The summed E-state index contributed by atoms with van der Waals surface area (Å²) in [5, 5.41) is 0. The van der Waals surface area contributed by atoms with Crippen LogP contribution in [0.5, 0.6) is 0 Å². The summed E-state index contributed by atoms with van der Waals surface area (Å²) in [5.74, 6) is 0.186. The number of allylic oxidation sites excluding steroid dienone is 4. The van der Waals surface area contributed by atoms with Crippen LogP contribution in [0.4, 0.5) is 0 Å². The van der Waals surface area contributed by atoms with Gasteiger partial charge in [-0.1, -0.05) is 12.2 Å². The Hall–Kier alpha value is -1.64. The molecule has 0 saturated carbocycles. The van der Waals surface area contributed by atoms with Crippen LogP contribution in [0.15, 0.2) is 40.6 Å². The molecule has 0 aromatic carbocycles. The van der Waals surface area contributed by atoms with Gasteiger partial charge in [0.25, 0.3) is 5.91 Å². The zero-order chi connectivity index (χ0) is 9.26. The summed E-state index contributed by atoms with van der Waals surface area (Å²) in [6, 6.07) is 0. The van der Waals surface area contributed by atoms with E-state index in [4.69, 9.17) is 4.74 Å². The smallest absolute Gasteiger partial charge is 0.260 e. The molecule has 0 aromatic heterocycles. The number of fused-ring (bicyclic) bond motifs is 1. The lowest BCUT2D eigenvalue weighted by atomic mass is 9.90. The molecule has 1 aliphatic heterocycles. The molecule has 0 N–H and O–H groups in total. The molecule has 1 amide bonds. The van der Waals surface area contributed by atoms with Crippen molar-refractivity contribution < 1.29 is 9.53 Å². The lowest BCUT2D eigenvalue weighted by Gasteiger charge is -2.21. The van der Waals surface area contributed by atoms with Crippen molar-refractivity contribution in [2.24, 2.45) is 10.9 Å². The summed E-state index contributed by atoms with van der Waals surface area (Å²) in [7, 11) is 1.56. The van der Waals surface area contributed by atoms with Crippen molar-refractivity contribution in [2.75, 3.05) is 7.11 Å². The van der Waals surface area contributed by atoms with Crippen molar-refractivity contribution in [2.45, 2.75) is 0 Å². The predicted octanol–water partition coefficient (Wildman–Crippen LogP) is 1.24. The van der Waals surface area contributed by atoms with Crippen LogP contribution < -0.4 is 0 Å². The predicted molar refractivity (Wildman–Crippen MR) is 49.3 cm³/mol. The molecule has 3 heteroatoms. The molecular weight excluding hydrogens is 166 g/mol. The van der Waals surface area contributed by atoms with Crippen LogP contribution in [0.3, 0.4) is 0 Å². The Morgan fingerprint density at radius 3 is 3.08 bits per heavy atom. The fourth-order valence-corrected chi connectivity index (χ4v) is 1.48. The normalized spacial score (nSPS) is 25.0. The van der Waals surface area contributed by atoms with Crippen molar-refractivity contribution in [1.82, 2.24) is 0 Å². The first-order valence-corrected chi connectivity index (χ1v) is 4.03. The molecule has 1 atom stereocenters. The van der Waals surface area contributed by atoms with Crippen molar-refractivity contribution in [3.05, 3.63) is 35.6 Å². The molecule has 0 spiro atoms. The Kier molecular flexibility index (Phi) is 1.85. The Morgan fingerprint density at radius 1 is 1.46 bits per heavy atom. The number of carbonyl (C=O) groups excluding carboxylic acids is 1. The molecule has 1 heterocycles. The number of amides is 1. The summed E-state index contributed by atoms with van der Waals surface area (Å²) in [4.78, 5) is 15.1. The molecule has 0 radical (unpaired) electrons. The summed E-state index contributed by atoms with van der Waals surface area (Å²) in [5.41, 5.74) is 0.944. The third-order valence-electron chi connectivity index (χ3n) is 2.12. The monoisotopic (exact) mass is 175 g/mol. The highest BCUT2D eigenvalue weighted by atomic mass is 16.5. The van der Waals surface area contributed by atoms with Gasteiger partial charge in [0, 0.05) is 6.21 Å². The van der Waals surface area contributed by atoms with Crippen molar-refractivity contribution in [1.29, 1.82) is 0 Å². The number of rotatable bonds is 1. The van der Waals surface area contributed by atoms with Gasteiger partial charge in [0.1, 0.15) is 11.7 Å². The molecule has 0 fully saturated rings. The van der Waals surface area contributed by atoms with Gasteiger partial charge in [-0.25, -0.2) is 4.99 Å². The Labute approximate surface area is 76.1 Å². The number of ether oxygens (including phenoxy) is 1. The largest absolute Gasteiger partial charge is 0.500 e. The van der Waals surface area contributed by atoms with E-state index in [-0.39, 0.29) is 11.8 Å². The quantitative estimate of drug-likeness (QED) is 0.601. The molecule has 0 bridgehead atoms. The molecule has 13 heavy (non-hydrogen) atoms. The second kappa shape index (κ2) is 3.01.